The molecule has 3 N–H and O–H groups in total. The van der Waals surface area contributed by atoms with Gasteiger partial charge >= 0.3 is 0 Å². The summed E-state index contributed by atoms with van der Waals surface area (Å²) in [5, 5.41) is 3.13. The molecule has 1 aromatic heterocycles. The molecule has 10 heteroatoms. The molecule has 0 saturated heterocycles. The molecular formula is C24H17FN2O5S2. The largest absolute Gasteiger partial charge is 0.454 e. The van der Waals surface area contributed by atoms with Crippen LogP contribution in [0.4, 0.5) is 20.8 Å². The number of ketones is 1. The van der Waals surface area contributed by atoms with Crippen molar-refractivity contribution >= 4 is 43.3 Å². The molecule has 7 nitrogen and oxygen atoms in total. The lowest BCUT2D eigenvalue weighted by Gasteiger charge is -2.09. The summed E-state index contributed by atoms with van der Waals surface area (Å²) in [6.45, 7) is 0.0549. The second-order valence-electron chi connectivity index (χ2n) is 7.35. The van der Waals surface area contributed by atoms with E-state index in [1.807, 2.05) is 0 Å². The normalized spacial score (nSPS) is 12.5. The third kappa shape index (κ3) is 3.87. The first-order valence-electron chi connectivity index (χ1n) is 10.0. The van der Waals surface area contributed by atoms with Gasteiger partial charge in [0, 0.05) is 11.3 Å². The highest BCUT2D eigenvalue weighted by molar-refractivity contribution is 7.92. The number of anilines is 3. The van der Waals surface area contributed by atoms with Crippen molar-refractivity contribution in [3.63, 3.8) is 0 Å². The predicted molar refractivity (Wildman–Crippen MR) is 126 cm³/mol. The highest BCUT2D eigenvalue weighted by atomic mass is 32.2. The van der Waals surface area contributed by atoms with Gasteiger partial charge in [0.1, 0.15) is 20.6 Å². The lowest BCUT2D eigenvalue weighted by atomic mass is 10.1. The van der Waals surface area contributed by atoms with E-state index in [2.05, 4.69) is 5.32 Å². The maximum Gasteiger partial charge on any atom is 0.231 e. The van der Waals surface area contributed by atoms with Crippen LogP contribution in [0.15, 0.2) is 82.6 Å². The molecular weight excluding hydrogens is 479 g/mol. The van der Waals surface area contributed by atoms with E-state index in [4.69, 9.17) is 15.2 Å². The number of hydrogen-bond donors (Lipinski definition) is 2. The maximum absolute atomic E-state index is 13.5. The van der Waals surface area contributed by atoms with Gasteiger partial charge in [0.05, 0.1) is 10.6 Å². The number of ether oxygens (including phenoxy) is 2. The molecule has 0 unspecified atom stereocenters. The van der Waals surface area contributed by atoms with Crippen LogP contribution in [0.2, 0.25) is 0 Å². The second-order valence-corrected chi connectivity index (χ2v) is 10.3. The Morgan fingerprint density at radius 1 is 0.971 bits per heavy atom. The Hall–Kier alpha value is -3.89. The number of fused-ring (bicyclic) bond motifs is 1. The number of halogens is 1. The zero-order chi connectivity index (χ0) is 23.9. The van der Waals surface area contributed by atoms with Gasteiger partial charge in [0.25, 0.3) is 0 Å². The molecule has 2 heterocycles. The fourth-order valence-electron chi connectivity index (χ4n) is 3.50. The highest BCUT2D eigenvalue weighted by Gasteiger charge is 2.32. The van der Waals surface area contributed by atoms with Gasteiger partial charge in [0.2, 0.25) is 22.4 Å². The quantitative estimate of drug-likeness (QED) is 0.362. The number of nitrogens with two attached hydrogens (primary N) is 1. The predicted octanol–water partition coefficient (Wildman–Crippen LogP) is 5.01. The van der Waals surface area contributed by atoms with Gasteiger partial charge in [-0.1, -0.05) is 18.2 Å². The molecule has 0 aliphatic carbocycles. The summed E-state index contributed by atoms with van der Waals surface area (Å²) < 4.78 is 51.0. The van der Waals surface area contributed by atoms with Crippen molar-refractivity contribution in [2.75, 3.05) is 17.8 Å². The summed E-state index contributed by atoms with van der Waals surface area (Å²) in [6, 6.07) is 17.9. The van der Waals surface area contributed by atoms with Crippen molar-refractivity contribution in [2.24, 2.45) is 0 Å². The van der Waals surface area contributed by atoms with Crippen LogP contribution in [0.3, 0.4) is 0 Å². The van der Waals surface area contributed by atoms with E-state index in [9.17, 15) is 17.6 Å². The fraction of sp³-hybridized carbons (Fsp3) is 0.0417. The van der Waals surface area contributed by atoms with E-state index in [0.29, 0.717) is 17.2 Å². The van der Waals surface area contributed by atoms with Crippen molar-refractivity contribution in [1.82, 2.24) is 0 Å². The second kappa shape index (κ2) is 8.47. The van der Waals surface area contributed by atoms with Gasteiger partial charge in [-0.2, -0.15) is 0 Å². The number of nitrogen functional groups attached to an aromatic ring is 1. The minimum atomic E-state index is -4.08. The molecule has 0 radical (unpaired) electrons. The smallest absolute Gasteiger partial charge is 0.231 e. The van der Waals surface area contributed by atoms with E-state index in [1.165, 1.54) is 42.5 Å². The van der Waals surface area contributed by atoms with Crippen LogP contribution in [0.1, 0.15) is 15.2 Å². The monoisotopic (exact) mass is 496 g/mol. The summed E-state index contributed by atoms with van der Waals surface area (Å²) in [7, 11) is -4.08. The molecule has 0 atom stereocenters. The average Bonchev–Trinajstić information content (AvgIpc) is 3.44. The lowest BCUT2D eigenvalue weighted by Crippen LogP contribution is -2.08. The number of thiophene rings is 1. The molecule has 0 bridgehead atoms. The van der Waals surface area contributed by atoms with Gasteiger partial charge in [-0.15, -0.1) is 11.3 Å². The minimum Gasteiger partial charge on any atom is -0.454 e. The molecule has 1 aliphatic heterocycles. The maximum atomic E-state index is 13.5. The van der Waals surface area contributed by atoms with Crippen molar-refractivity contribution in [3.05, 3.63) is 89.1 Å². The number of nitrogens with one attached hydrogen (secondary N) is 1. The topological polar surface area (TPSA) is 108 Å². The third-order valence-corrected chi connectivity index (χ3v) is 8.27. The zero-order valence-corrected chi connectivity index (χ0v) is 19.1. The van der Waals surface area contributed by atoms with Gasteiger partial charge < -0.3 is 20.5 Å². The SMILES string of the molecule is Nc1c(C(=O)c2ccc3c(c2)OCO3)sc(Nc2ccc(F)cc2)c1S(=O)(=O)c1ccccc1. The summed E-state index contributed by atoms with van der Waals surface area (Å²) >= 11 is 0.912. The fourth-order valence-corrected chi connectivity index (χ4v) is 6.45. The molecule has 4 aromatic rings. The average molecular weight is 497 g/mol. The standard InChI is InChI=1S/C24H17FN2O5S2/c25-15-7-9-16(10-8-15)27-24-23(34(29,30)17-4-2-1-3-5-17)20(26)22(33-24)21(28)14-6-11-18-19(12-14)32-13-31-18/h1-12,27H,13,26H2. The summed E-state index contributed by atoms with van der Waals surface area (Å²) in [4.78, 5) is 13.2. The van der Waals surface area contributed by atoms with Gasteiger partial charge in [-0.05, 0) is 54.6 Å². The lowest BCUT2D eigenvalue weighted by molar-refractivity contribution is 0.104. The van der Waals surface area contributed by atoms with Crippen LogP contribution >= 0.6 is 11.3 Å². The van der Waals surface area contributed by atoms with Gasteiger partial charge in [-0.25, -0.2) is 12.8 Å². The number of carbonyl (C=O) groups excluding carboxylic acids is 1. The third-order valence-electron chi connectivity index (χ3n) is 5.16. The molecule has 3 aromatic carbocycles. The number of carbonyl (C=O) groups is 1. The van der Waals surface area contributed by atoms with E-state index < -0.39 is 21.4 Å². The van der Waals surface area contributed by atoms with Crippen molar-refractivity contribution in [3.8, 4) is 11.5 Å². The molecule has 172 valence electrons. The van der Waals surface area contributed by atoms with Crippen LogP contribution in [0.25, 0.3) is 0 Å². The Morgan fingerprint density at radius 3 is 2.41 bits per heavy atom. The van der Waals surface area contributed by atoms with E-state index in [1.54, 1.807) is 30.3 Å². The Bertz CT molecular complexity index is 1500. The molecule has 0 spiro atoms. The van der Waals surface area contributed by atoms with E-state index in [0.717, 1.165) is 11.3 Å². The first-order chi connectivity index (χ1) is 16.3. The molecule has 34 heavy (non-hydrogen) atoms. The van der Waals surface area contributed by atoms with Crippen LogP contribution in [0.5, 0.6) is 11.5 Å². The molecule has 1 aliphatic rings. The Morgan fingerprint density at radius 2 is 1.68 bits per heavy atom. The minimum absolute atomic E-state index is 0.0312. The first kappa shape index (κ1) is 21.9. The number of benzene rings is 3. The number of hydrogen-bond acceptors (Lipinski definition) is 8. The van der Waals surface area contributed by atoms with Crippen molar-refractivity contribution in [2.45, 2.75) is 9.79 Å². The van der Waals surface area contributed by atoms with E-state index >= 15 is 0 Å². The Balaban J connectivity index is 1.63. The Kier molecular flexibility index (Phi) is 5.46. The first-order valence-corrected chi connectivity index (χ1v) is 12.3. The summed E-state index contributed by atoms with van der Waals surface area (Å²) in [6.07, 6.45) is 0. The number of sulfone groups is 1. The van der Waals surface area contributed by atoms with Crippen LogP contribution in [0, 0.1) is 5.82 Å². The number of rotatable bonds is 6. The van der Waals surface area contributed by atoms with Crippen LogP contribution in [-0.4, -0.2) is 21.0 Å². The van der Waals surface area contributed by atoms with Crippen LogP contribution in [-0.2, 0) is 9.84 Å². The highest BCUT2D eigenvalue weighted by Crippen LogP contribution is 2.44. The van der Waals surface area contributed by atoms with Gasteiger partial charge in [-0.3, -0.25) is 4.79 Å². The van der Waals surface area contributed by atoms with Gasteiger partial charge in [0.15, 0.2) is 11.5 Å². The zero-order valence-electron chi connectivity index (χ0n) is 17.4. The summed E-state index contributed by atoms with van der Waals surface area (Å²) in [5.41, 5.74) is 6.86. The molecule has 0 saturated carbocycles. The molecule has 5 rings (SSSR count). The Labute approximate surface area is 198 Å². The summed E-state index contributed by atoms with van der Waals surface area (Å²) in [5.74, 6) is 0.0361. The van der Waals surface area contributed by atoms with E-state index in [-0.39, 0.29) is 37.7 Å². The molecule has 0 amide bonds. The van der Waals surface area contributed by atoms with Crippen LogP contribution < -0.4 is 20.5 Å². The molecule has 0 fully saturated rings. The van der Waals surface area contributed by atoms with Crippen molar-refractivity contribution < 1.29 is 27.1 Å². The van der Waals surface area contributed by atoms with Crippen molar-refractivity contribution in [1.29, 1.82) is 0 Å².